The maximum absolute atomic E-state index is 13.4. The summed E-state index contributed by atoms with van der Waals surface area (Å²) >= 11 is 0. The lowest BCUT2D eigenvalue weighted by molar-refractivity contribution is -0.155. The normalized spacial score (nSPS) is 18.6. The van der Waals surface area contributed by atoms with Gasteiger partial charge in [-0.25, -0.2) is 13.9 Å². The Morgan fingerprint density at radius 2 is 1.91 bits per heavy atom. The van der Waals surface area contributed by atoms with Crippen molar-refractivity contribution in [3.05, 3.63) is 24.3 Å². The van der Waals surface area contributed by atoms with Gasteiger partial charge in [0.1, 0.15) is 11.8 Å². The Bertz CT molecular complexity index is 986. The van der Waals surface area contributed by atoms with Crippen LogP contribution >= 0.6 is 0 Å². The maximum atomic E-state index is 13.4. The van der Waals surface area contributed by atoms with Gasteiger partial charge in [-0.1, -0.05) is 0 Å². The van der Waals surface area contributed by atoms with E-state index in [4.69, 9.17) is 14.7 Å². The Morgan fingerprint density at radius 1 is 1.26 bits per heavy atom. The number of hydrogen-bond acceptors (Lipinski definition) is 8. The highest BCUT2D eigenvalue weighted by Crippen LogP contribution is 2.23. The number of nitrogens with zero attached hydrogens (tertiary/aromatic N) is 3. The van der Waals surface area contributed by atoms with E-state index in [0.29, 0.717) is 25.4 Å². The third-order valence-electron chi connectivity index (χ3n) is 5.77. The number of carbonyl (C=O) groups excluding carboxylic acids is 3. The van der Waals surface area contributed by atoms with Gasteiger partial charge in [0.15, 0.2) is 0 Å². The molecule has 1 aromatic rings. The molecule has 35 heavy (non-hydrogen) atoms. The predicted molar refractivity (Wildman–Crippen MR) is 125 cm³/mol. The molecule has 0 bridgehead atoms. The van der Waals surface area contributed by atoms with Crippen LogP contribution in [0.3, 0.4) is 0 Å². The number of hydroxylamine groups is 1. The van der Waals surface area contributed by atoms with Gasteiger partial charge in [-0.2, -0.15) is 4.31 Å². The van der Waals surface area contributed by atoms with E-state index in [1.165, 1.54) is 53.6 Å². The Kier molecular flexibility index (Phi) is 10.4. The topological polar surface area (TPSA) is 146 Å². The van der Waals surface area contributed by atoms with Crippen LogP contribution in [0.2, 0.25) is 0 Å². The molecule has 12 nitrogen and oxygen atoms in total. The number of sulfonamides is 1. The maximum Gasteiger partial charge on any atom is 0.245 e. The second kappa shape index (κ2) is 12.8. The van der Waals surface area contributed by atoms with E-state index in [0.717, 1.165) is 4.31 Å². The number of carbonyl (C=O) groups is 3. The van der Waals surface area contributed by atoms with E-state index in [9.17, 15) is 22.8 Å². The average Bonchev–Trinajstić information content (AvgIpc) is 2.84. The molecule has 0 aliphatic carbocycles. The summed E-state index contributed by atoms with van der Waals surface area (Å²) in [6.45, 7) is 3.68. The van der Waals surface area contributed by atoms with Gasteiger partial charge < -0.3 is 19.3 Å². The first-order valence-corrected chi connectivity index (χ1v) is 12.7. The predicted octanol–water partition coefficient (Wildman–Crippen LogP) is 0.0657. The summed E-state index contributed by atoms with van der Waals surface area (Å²) in [7, 11) is -1.05. The van der Waals surface area contributed by atoms with Crippen molar-refractivity contribution in [1.82, 2.24) is 19.6 Å². The van der Waals surface area contributed by atoms with Crippen molar-refractivity contribution in [2.24, 2.45) is 0 Å². The van der Waals surface area contributed by atoms with Crippen LogP contribution in [-0.4, -0.2) is 105 Å². The number of amides is 3. The minimum absolute atomic E-state index is 0.0119. The highest BCUT2D eigenvalue weighted by Gasteiger charge is 2.41. The van der Waals surface area contributed by atoms with E-state index in [2.05, 4.69) is 0 Å². The van der Waals surface area contributed by atoms with Gasteiger partial charge in [0, 0.05) is 33.4 Å². The first-order valence-electron chi connectivity index (χ1n) is 11.3. The van der Waals surface area contributed by atoms with Gasteiger partial charge in [0.05, 0.1) is 31.0 Å². The fourth-order valence-electron chi connectivity index (χ4n) is 3.99. The van der Waals surface area contributed by atoms with Crippen LogP contribution in [0.5, 0.6) is 5.75 Å². The van der Waals surface area contributed by atoms with Crippen molar-refractivity contribution >= 4 is 27.7 Å². The molecule has 1 heterocycles. The SMILES string of the molecule is CCOCCCN(CC(=O)N1C(CC(=O)NO)CN(C)C(=O)[C@@H]1C)S(=O)(=O)c1ccc(OC)cc1. The summed E-state index contributed by atoms with van der Waals surface area (Å²) in [5, 5.41) is 8.94. The molecule has 1 aromatic carbocycles. The van der Waals surface area contributed by atoms with Gasteiger partial charge in [0.2, 0.25) is 27.7 Å². The van der Waals surface area contributed by atoms with Gasteiger partial charge >= 0.3 is 0 Å². The molecule has 1 fully saturated rings. The number of methoxy groups -OCH3 is 1. The zero-order chi connectivity index (χ0) is 26.2. The fourth-order valence-corrected chi connectivity index (χ4v) is 5.42. The van der Waals surface area contributed by atoms with Crippen molar-refractivity contribution < 1.29 is 37.5 Å². The van der Waals surface area contributed by atoms with Crippen molar-refractivity contribution in [3.63, 3.8) is 0 Å². The van der Waals surface area contributed by atoms with Crippen LogP contribution in [-0.2, 0) is 29.1 Å². The summed E-state index contributed by atoms with van der Waals surface area (Å²) in [5.41, 5.74) is 1.54. The summed E-state index contributed by atoms with van der Waals surface area (Å²) in [5.74, 6) is -1.19. The third kappa shape index (κ3) is 7.13. The Balaban J connectivity index is 2.33. The van der Waals surface area contributed by atoms with Crippen molar-refractivity contribution in [1.29, 1.82) is 0 Å². The molecule has 1 saturated heterocycles. The summed E-state index contributed by atoms with van der Waals surface area (Å²) in [4.78, 5) is 40.4. The van der Waals surface area contributed by atoms with E-state index < -0.39 is 40.5 Å². The summed E-state index contributed by atoms with van der Waals surface area (Å²) < 4.78 is 38.3. The standard InChI is InChI=1S/C22H34N4O8S/c1-5-34-12-6-11-25(35(31,32)19-9-7-18(33-4)8-10-19)15-21(28)26-16(2)22(29)24(3)14-17(26)13-20(27)23-30/h7-10,16-17,30H,5-6,11-15H2,1-4H3,(H,23,27)/t16-,17?/m0/s1. The fraction of sp³-hybridized carbons (Fsp3) is 0.591. The number of nitrogens with one attached hydrogen (secondary N) is 1. The lowest BCUT2D eigenvalue weighted by Crippen LogP contribution is -2.63. The molecule has 196 valence electrons. The van der Waals surface area contributed by atoms with Gasteiger partial charge in [-0.15, -0.1) is 0 Å². The number of likely N-dealkylation sites (N-methyl/N-ethyl adjacent to an activating group) is 1. The monoisotopic (exact) mass is 514 g/mol. The van der Waals surface area contributed by atoms with E-state index in [1.54, 1.807) is 7.05 Å². The molecule has 0 spiro atoms. The molecule has 1 aliphatic heterocycles. The van der Waals surface area contributed by atoms with Gasteiger partial charge in [-0.3, -0.25) is 19.6 Å². The van der Waals surface area contributed by atoms with Gasteiger partial charge in [0.25, 0.3) is 0 Å². The molecular formula is C22H34N4O8S. The van der Waals surface area contributed by atoms with Crippen LogP contribution < -0.4 is 10.2 Å². The highest BCUT2D eigenvalue weighted by atomic mass is 32.2. The Labute approximate surface area is 205 Å². The molecule has 3 amide bonds. The van der Waals surface area contributed by atoms with Crippen molar-refractivity contribution in [2.45, 2.75) is 43.7 Å². The highest BCUT2D eigenvalue weighted by molar-refractivity contribution is 7.89. The zero-order valence-corrected chi connectivity index (χ0v) is 21.3. The second-order valence-electron chi connectivity index (χ2n) is 8.15. The molecule has 1 unspecified atom stereocenters. The average molecular weight is 515 g/mol. The number of ether oxygens (including phenoxy) is 2. The largest absolute Gasteiger partial charge is 0.497 e. The number of benzene rings is 1. The smallest absolute Gasteiger partial charge is 0.245 e. The first kappa shape index (κ1) is 28.5. The first-order chi connectivity index (χ1) is 16.6. The van der Waals surface area contributed by atoms with Crippen molar-refractivity contribution in [3.8, 4) is 5.75 Å². The Morgan fingerprint density at radius 3 is 2.49 bits per heavy atom. The molecule has 0 aromatic heterocycles. The van der Waals surface area contributed by atoms with Crippen molar-refractivity contribution in [2.75, 3.05) is 47.0 Å². The van der Waals surface area contributed by atoms with Crippen LogP contribution in [0.15, 0.2) is 29.2 Å². The lowest BCUT2D eigenvalue weighted by Gasteiger charge is -2.44. The van der Waals surface area contributed by atoms with Gasteiger partial charge in [-0.05, 0) is 44.5 Å². The molecular weight excluding hydrogens is 480 g/mol. The summed E-state index contributed by atoms with van der Waals surface area (Å²) in [6.07, 6.45) is 0.101. The molecule has 1 aliphatic rings. The quantitative estimate of drug-likeness (QED) is 0.226. The van der Waals surface area contributed by atoms with E-state index in [1.807, 2.05) is 6.92 Å². The third-order valence-corrected chi connectivity index (χ3v) is 7.63. The molecule has 2 rings (SSSR count). The molecule has 0 radical (unpaired) electrons. The number of rotatable bonds is 12. The molecule has 0 saturated carbocycles. The summed E-state index contributed by atoms with van der Waals surface area (Å²) in [6, 6.07) is 4.16. The van der Waals surface area contributed by atoms with E-state index in [-0.39, 0.29) is 30.3 Å². The molecule has 2 N–H and O–H groups in total. The van der Waals surface area contributed by atoms with E-state index >= 15 is 0 Å². The molecule has 13 heteroatoms. The lowest BCUT2D eigenvalue weighted by atomic mass is 10.0. The number of piperazine rings is 1. The second-order valence-corrected chi connectivity index (χ2v) is 10.1. The molecule has 2 atom stereocenters. The van der Waals surface area contributed by atoms with Crippen LogP contribution in [0.25, 0.3) is 0 Å². The minimum atomic E-state index is -4.07. The van der Waals surface area contributed by atoms with Crippen LogP contribution in [0.4, 0.5) is 0 Å². The zero-order valence-electron chi connectivity index (χ0n) is 20.5. The van der Waals surface area contributed by atoms with Crippen LogP contribution in [0.1, 0.15) is 26.7 Å². The van der Waals surface area contributed by atoms with Crippen LogP contribution in [0, 0.1) is 0 Å². The minimum Gasteiger partial charge on any atom is -0.497 e. The Hall–Kier alpha value is -2.74. The number of hydrogen-bond donors (Lipinski definition) is 2.